The normalized spacial score (nSPS) is 14.4. The van der Waals surface area contributed by atoms with Crippen LogP contribution >= 0.6 is 11.6 Å². The van der Waals surface area contributed by atoms with E-state index in [9.17, 15) is 9.59 Å². The summed E-state index contributed by atoms with van der Waals surface area (Å²) in [6, 6.07) is 16.9. The first-order chi connectivity index (χ1) is 13.1. The van der Waals surface area contributed by atoms with Crippen molar-refractivity contribution in [3.8, 4) is 0 Å². The first-order valence-electron chi connectivity index (χ1n) is 8.35. The van der Waals surface area contributed by atoms with E-state index in [4.69, 9.17) is 11.6 Å². The van der Waals surface area contributed by atoms with Crippen LogP contribution in [-0.4, -0.2) is 21.8 Å². The number of hydrogen-bond donors (Lipinski definition) is 2. The zero-order valence-corrected chi connectivity index (χ0v) is 14.7. The molecule has 2 amide bonds. The summed E-state index contributed by atoms with van der Waals surface area (Å²) >= 11 is 6.20. The zero-order valence-electron chi connectivity index (χ0n) is 13.9. The van der Waals surface area contributed by atoms with E-state index in [-0.39, 0.29) is 10.7 Å². The lowest BCUT2D eigenvalue weighted by molar-refractivity contribution is -0.122. The van der Waals surface area contributed by atoms with Gasteiger partial charge in [0.1, 0.15) is 5.15 Å². The summed E-state index contributed by atoms with van der Waals surface area (Å²) in [4.78, 5) is 32.9. The monoisotopic (exact) mass is 373 g/mol. The molecule has 1 aliphatic rings. The van der Waals surface area contributed by atoms with Gasteiger partial charge in [-0.3, -0.25) is 14.9 Å². The fourth-order valence-corrected chi connectivity index (χ4v) is 3.78. The summed E-state index contributed by atoms with van der Waals surface area (Å²) in [5, 5.41) is 5.15. The van der Waals surface area contributed by atoms with Gasteiger partial charge in [-0.25, -0.2) is 4.98 Å². The zero-order chi connectivity index (χ0) is 18.5. The smallest absolute Gasteiger partial charge is 0.261 e. The maximum Gasteiger partial charge on any atom is 0.261 e. The minimum absolute atomic E-state index is 0.239. The Labute approximate surface area is 158 Å². The number of imide groups is 1. The molecule has 2 aromatic heterocycles. The molecule has 0 unspecified atom stereocenters. The second-order valence-electron chi connectivity index (χ2n) is 6.30. The highest BCUT2D eigenvalue weighted by Gasteiger charge is 2.35. The van der Waals surface area contributed by atoms with E-state index in [1.54, 1.807) is 12.3 Å². The number of fused-ring (bicyclic) bond motifs is 2. The molecular formula is C21H12ClN3O2. The molecule has 0 radical (unpaired) electrons. The van der Waals surface area contributed by atoms with Crippen molar-refractivity contribution in [2.45, 2.75) is 0 Å². The largest absolute Gasteiger partial charge is 0.361 e. The van der Waals surface area contributed by atoms with E-state index in [2.05, 4.69) is 15.3 Å². The number of aromatic amines is 1. The fourth-order valence-electron chi connectivity index (χ4n) is 3.57. The Kier molecular flexibility index (Phi) is 3.39. The van der Waals surface area contributed by atoms with Gasteiger partial charge in [0.2, 0.25) is 0 Å². The summed E-state index contributed by atoms with van der Waals surface area (Å²) < 4.78 is 0. The van der Waals surface area contributed by atoms with Crippen LogP contribution in [0.15, 0.2) is 60.8 Å². The van der Waals surface area contributed by atoms with E-state index in [1.807, 2.05) is 48.5 Å². The summed E-state index contributed by atoms with van der Waals surface area (Å²) in [5.41, 5.74) is 2.49. The maximum atomic E-state index is 12.7. The quantitative estimate of drug-likeness (QED) is 0.413. The molecule has 5 rings (SSSR count). The van der Waals surface area contributed by atoms with Crippen LogP contribution in [0, 0.1) is 0 Å². The average Bonchev–Trinajstić information content (AvgIpc) is 3.20. The fraction of sp³-hybridized carbons (Fsp3) is 0. The van der Waals surface area contributed by atoms with Crippen LogP contribution in [0.25, 0.3) is 32.8 Å². The number of carbonyl (C=O) groups is 2. The van der Waals surface area contributed by atoms with Crippen LogP contribution in [0.3, 0.4) is 0 Å². The number of carbonyl (C=O) groups excluding carboxylic acids is 2. The predicted octanol–water partition coefficient (Wildman–Crippen LogP) is 3.94. The SMILES string of the molecule is O=C1NC(=O)C(c2c[nH]c3ccccc23)=C1c1nc(Cl)cc2ccccc12. The minimum atomic E-state index is -0.472. The van der Waals surface area contributed by atoms with Gasteiger partial charge in [0.15, 0.2) is 0 Å². The van der Waals surface area contributed by atoms with Crippen LogP contribution < -0.4 is 5.32 Å². The third-order valence-electron chi connectivity index (χ3n) is 4.74. The lowest BCUT2D eigenvalue weighted by atomic mass is 9.96. The van der Waals surface area contributed by atoms with Crippen LogP contribution in [-0.2, 0) is 9.59 Å². The highest BCUT2D eigenvalue weighted by Crippen LogP contribution is 2.37. The Hall–Kier alpha value is -3.44. The van der Waals surface area contributed by atoms with E-state index in [1.165, 1.54) is 0 Å². The second-order valence-corrected chi connectivity index (χ2v) is 6.68. The predicted molar refractivity (Wildman–Crippen MR) is 105 cm³/mol. The number of benzene rings is 2. The van der Waals surface area contributed by atoms with E-state index in [0.717, 1.165) is 21.7 Å². The first kappa shape index (κ1) is 15.8. The molecule has 0 bridgehead atoms. The first-order valence-corrected chi connectivity index (χ1v) is 8.73. The number of H-pyrrole nitrogens is 1. The Morgan fingerprint density at radius 1 is 0.852 bits per heavy atom. The highest BCUT2D eigenvalue weighted by molar-refractivity contribution is 6.50. The number of rotatable bonds is 2. The summed E-state index contributed by atoms with van der Waals surface area (Å²) in [6.07, 6.45) is 1.74. The molecule has 6 heteroatoms. The Morgan fingerprint density at radius 2 is 1.56 bits per heavy atom. The number of nitrogens with one attached hydrogen (secondary N) is 2. The molecule has 0 saturated heterocycles. The Bertz CT molecular complexity index is 1300. The van der Waals surface area contributed by atoms with Crippen LogP contribution in [0.4, 0.5) is 0 Å². The number of halogens is 1. The topological polar surface area (TPSA) is 74.8 Å². The van der Waals surface area contributed by atoms with E-state index >= 15 is 0 Å². The van der Waals surface area contributed by atoms with Gasteiger partial charge in [-0.05, 0) is 17.5 Å². The third-order valence-corrected chi connectivity index (χ3v) is 4.93. The van der Waals surface area contributed by atoms with Gasteiger partial charge in [-0.2, -0.15) is 0 Å². The molecule has 0 fully saturated rings. The molecule has 0 spiro atoms. The van der Waals surface area contributed by atoms with Gasteiger partial charge in [-0.1, -0.05) is 54.1 Å². The Balaban J connectivity index is 1.88. The van der Waals surface area contributed by atoms with Crippen molar-refractivity contribution < 1.29 is 9.59 Å². The van der Waals surface area contributed by atoms with E-state index < -0.39 is 11.8 Å². The van der Waals surface area contributed by atoms with Crippen molar-refractivity contribution in [1.82, 2.24) is 15.3 Å². The number of pyridine rings is 1. The van der Waals surface area contributed by atoms with Gasteiger partial charge in [0.25, 0.3) is 11.8 Å². The standard InChI is InChI=1S/C21H12ClN3O2/c22-16-9-11-5-1-2-6-12(11)19(24-16)18-17(20(26)25-21(18)27)14-10-23-15-8-4-3-7-13(14)15/h1-10,23H,(H,25,26,27). The molecule has 1 aliphatic heterocycles. The van der Waals surface area contributed by atoms with Gasteiger partial charge >= 0.3 is 0 Å². The van der Waals surface area contributed by atoms with E-state index in [0.29, 0.717) is 16.8 Å². The van der Waals surface area contributed by atoms with Crippen LogP contribution in [0.1, 0.15) is 11.3 Å². The number of hydrogen-bond acceptors (Lipinski definition) is 3. The summed E-state index contributed by atoms with van der Waals surface area (Å²) in [7, 11) is 0. The number of para-hydroxylation sites is 1. The number of nitrogens with zero attached hydrogens (tertiary/aromatic N) is 1. The van der Waals surface area contributed by atoms with Crippen molar-refractivity contribution in [3.05, 3.63) is 77.2 Å². The van der Waals surface area contributed by atoms with Gasteiger partial charge < -0.3 is 4.98 Å². The molecule has 5 nitrogen and oxygen atoms in total. The molecule has 4 aromatic rings. The van der Waals surface area contributed by atoms with Crippen LogP contribution in [0.2, 0.25) is 5.15 Å². The van der Waals surface area contributed by atoms with Gasteiger partial charge in [0, 0.05) is 28.0 Å². The van der Waals surface area contributed by atoms with Crippen molar-refractivity contribution in [1.29, 1.82) is 0 Å². The highest BCUT2D eigenvalue weighted by atomic mass is 35.5. The lowest BCUT2D eigenvalue weighted by Gasteiger charge is -2.08. The molecule has 3 heterocycles. The van der Waals surface area contributed by atoms with Crippen molar-refractivity contribution in [3.63, 3.8) is 0 Å². The van der Waals surface area contributed by atoms with Crippen LogP contribution in [0.5, 0.6) is 0 Å². The molecule has 0 aliphatic carbocycles. The van der Waals surface area contributed by atoms with Gasteiger partial charge in [-0.15, -0.1) is 0 Å². The minimum Gasteiger partial charge on any atom is -0.361 e. The molecule has 2 aromatic carbocycles. The summed E-state index contributed by atoms with van der Waals surface area (Å²) in [6.45, 7) is 0. The summed E-state index contributed by atoms with van der Waals surface area (Å²) in [5.74, 6) is -0.911. The molecule has 0 atom stereocenters. The Morgan fingerprint density at radius 3 is 2.41 bits per heavy atom. The maximum absolute atomic E-state index is 12.7. The van der Waals surface area contributed by atoms with Crippen molar-refractivity contribution >= 4 is 56.2 Å². The molecule has 130 valence electrons. The molecule has 0 saturated carbocycles. The van der Waals surface area contributed by atoms with Crippen molar-refractivity contribution in [2.75, 3.05) is 0 Å². The van der Waals surface area contributed by atoms with Gasteiger partial charge in [0.05, 0.1) is 16.8 Å². The second kappa shape index (κ2) is 5.79. The molecular weight excluding hydrogens is 362 g/mol. The number of amides is 2. The molecule has 27 heavy (non-hydrogen) atoms. The third kappa shape index (κ3) is 2.36. The average molecular weight is 374 g/mol. The number of aromatic nitrogens is 2. The lowest BCUT2D eigenvalue weighted by Crippen LogP contribution is -2.23. The van der Waals surface area contributed by atoms with Crippen molar-refractivity contribution in [2.24, 2.45) is 0 Å². The molecule has 2 N–H and O–H groups in total.